The van der Waals surface area contributed by atoms with Gasteiger partial charge in [0.05, 0.1) is 10.9 Å². The van der Waals surface area contributed by atoms with Crippen molar-refractivity contribution in [2.75, 3.05) is 13.1 Å². The molecule has 0 bridgehead atoms. The molecule has 0 aliphatic carbocycles. The van der Waals surface area contributed by atoms with Crippen molar-refractivity contribution in [2.45, 2.75) is 44.6 Å². The average Bonchev–Trinajstić information content (AvgIpc) is 2.68. The normalized spacial score (nSPS) is 12.8. The molecule has 1 unspecified atom stereocenters. The van der Waals surface area contributed by atoms with Crippen LogP contribution in [0, 0.1) is 5.82 Å². The summed E-state index contributed by atoms with van der Waals surface area (Å²) in [5.41, 5.74) is 1.73. The highest BCUT2D eigenvalue weighted by Crippen LogP contribution is 2.17. The van der Waals surface area contributed by atoms with Gasteiger partial charge in [-0.2, -0.15) is 4.31 Å². The number of hydrogen-bond donors (Lipinski definition) is 1. The van der Waals surface area contributed by atoms with Crippen LogP contribution in [0.15, 0.2) is 53.4 Å². The average molecular weight is 407 g/mol. The van der Waals surface area contributed by atoms with Gasteiger partial charge in [0.2, 0.25) is 15.9 Å². The van der Waals surface area contributed by atoms with Crippen LogP contribution in [0.5, 0.6) is 0 Å². The van der Waals surface area contributed by atoms with E-state index in [2.05, 4.69) is 5.32 Å². The Balaban J connectivity index is 1.92. The molecule has 28 heavy (non-hydrogen) atoms. The molecule has 2 rings (SSSR count). The van der Waals surface area contributed by atoms with Crippen LogP contribution in [0.2, 0.25) is 0 Å². The Morgan fingerprint density at radius 1 is 1.04 bits per heavy atom. The molecule has 1 atom stereocenters. The van der Waals surface area contributed by atoms with E-state index in [1.807, 2.05) is 6.92 Å². The number of benzene rings is 2. The Morgan fingerprint density at radius 2 is 1.61 bits per heavy atom. The van der Waals surface area contributed by atoms with Crippen LogP contribution in [0.25, 0.3) is 0 Å². The number of carbonyl (C=O) groups excluding carboxylic acids is 1. The summed E-state index contributed by atoms with van der Waals surface area (Å²) in [6.07, 6.45) is 0.793. The summed E-state index contributed by atoms with van der Waals surface area (Å²) < 4.78 is 39.4. The summed E-state index contributed by atoms with van der Waals surface area (Å²) in [5, 5.41) is 2.89. The number of carbonyl (C=O) groups is 1. The third kappa shape index (κ3) is 5.62. The number of nitrogens with one attached hydrogen (secondary N) is 1. The Kier molecular flexibility index (Phi) is 7.71. The Hall–Kier alpha value is -2.25. The maximum Gasteiger partial charge on any atom is 0.243 e. The molecule has 0 aliphatic heterocycles. The molecule has 0 aromatic heterocycles. The monoisotopic (exact) mass is 406 g/mol. The van der Waals surface area contributed by atoms with Gasteiger partial charge in [0.1, 0.15) is 5.82 Å². The van der Waals surface area contributed by atoms with E-state index in [0.717, 1.165) is 11.1 Å². The third-order valence-electron chi connectivity index (χ3n) is 4.65. The van der Waals surface area contributed by atoms with E-state index >= 15 is 0 Å². The number of amides is 1. The fourth-order valence-electron chi connectivity index (χ4n) is 2.95. The van der Waals surface area contributed by atoms with Gasteiger partial charge in [-0.15, -0.1) is 0 Å². The molecule has 2 aromatic carbocycles. The Bertz CT molecular complexity index is 877. The van der Waals surface area contributed by atoms with E-state index in [1.165, 1.54) is 16.4 Å². The molecule has 0 saturated heterocycles. The lowest BCUT2D eigenvalue weighted by Crippen LogP contribution is -2.30. The van der Waals surface area contributed by atoms with Crippen molar-refractivity contribution in [1.29, 1.82) is 0 Å². The maximum absolute atomic E-state index is 13.0. The lowest BCUT2D eigenvalue weighted by atomic mass is 10.1. The Labute approximate surface area is 166 Å². The molecule has 0 spiro atoms. The van der Waals surface area contributed by atoms with Crippen LogP contribution in [0.4, 0.5) is 4.39 Å². The van der Waals surface area contributed by atoms with Crippen molar-refractivity contribution < 1.29 is 17.6 Å². The lowest BCUT2D eigenvalue weighted by Gasteiger charge is -2.18. The smallest absolute Gasteiger partial charge is 0.243 e. The predicted molar refractivity (Wildman–Crippen MR) is 108 cm³/mol. The van der Waals surface area contributed by atoms with Gasteiger partial charge in [-0.25, -0.2) is 12.8 Å². The van der Waals surface area contributed by atoms with Gasteiger partial charge in [-0.3, -0.25) is 4.79 Å². The van der Waals surface area contributed by atoms with E-state index in [-0.39, 0.29) is 29.1 Å². The second-order valence-corrected chi connectivity index (χ2v) is 8.51. The summed E-state index contributed by atoms with van der Waals surface area (Å²) in [7, 11) is -3.47. The van der Waals surface area contributed by atoms with E-state index in [1.54, 1.807) is 50.2 Å². The molecule has 2 aromatic rings. The molecule has 0 heterocycles. The van der Waals surface area contributed by atoms with Gasteiger partial charge < -0.3 is 5.32 Å². The van der Waals surface area contributed by atoms with Crippen LogP contribution < -0.4 is 5.32 Å². The predicted octanol–water partition coefficient (Wildman–Crippen LogP) is 3.67. The fourth-order valence-corrected chi connectivity index (χ4v) is 4.40. The van der Waals surface area contributed by atoms with E-state index in [0.29, 0.717) is 19.5 Å². The van der Waals surface area contributed by atoms with Gasteiger partial charge in [-0.1, -0.05) is 38.1 Å². The number of sulfonamides is 1. The van der Waals surface area contributed by atoms with Crippen LogP contribution in [0.1, 0.15) is 44.4 Å². The van der Waals surface area contributed by atoms with Crippen LogP contribution in [-0.4, -0.2) is 31.7 Å². The van der Waals surface area contributed by atoms with E-state index in [4.69, 9.17) is 0 Å². The van der Waals surface area contributed by atoms with Gasteiger partial charge in [0.25, 0.3) is 0 Å². The molecular formula is C21H27FN2O3S. The summed E-state index contributed by atoms with van der Waals surface area (Å²) in [6.45, 7) is 6.31. The van der Waals surface area contributed by atoms with E-state index in [9.17, 15) is 17.6 Å². The Morgan fingerprint density at radius 3 is 2.14 bits per heavy atom. The second kappa shape index (κ2) is 9.80. The molecule has 5 nitrogen and oxygen atoms in total. The van der Waals surface area contributed by atoms with Gasteiger partial charge in [0, 0.05) is 19.5 Å². The van der Waals surface area contributed by atoms with Crippen LogP contribution in [0.3, 0.4) is 0 Å². The van der Waals surface area contributed by atoms with Crippen molar-refractivity contribution in [3.8, 4) is 0 Å². The van der Waals surface area contributed by atoms with Crippen LogP contribution >= 0.6 is 0 Å². The molecule has 152 valence electrons. The van der Waals surface area contributed by atoms with Gasteiger partial charge >= 0.3 is 0 Å². The van der Waals surface area contributed by atoms with Crippen molar-refractivity contribution in [3.63, 3.8) is 0 Å². The van der Waals surface area contributed by atoms with Gasteiger partial charge in [-0.05, 0) is 48.7 Å². The minimum atomic E-state index is -3.47. The zero-order valence-corrected chi connectivity index (χ0v) is 17.3. The zero-order valence-electron chi connectivity index (χ0n) is 16.5. The van der Waals surface area contributed by atoms with Crippen molar-refractivity contribution in [1.82, 2.24) is 9.62 Å². The van der Waals surface area contributed by atoms with E-state index < -0.39 is 10.0 Å². The number of aryl methyl sites for hydroxylation is 1. The first-order chi connectivity index (χ1) is 13.3. The number of rotatable bonds is 9. The lowest BCUT2D eigenvalue weighted by molar-refractivity contribution is -0.121. The first-order valence-electron chi connectivity index (χ1n) is 9.41. The molecule has 0 saturated carbocycles. The highest BCUT2D eigenvalue weighted by Gasteiger charge is 2.21. The topological polar surface area (TPSA) is 66.5 Å². The van der Waals surface area contributed by atoms with Crippen LogP contribution in [-0.2, 0) is 21.2 Å². The number of nitrogens with zero attached hydrogens (tertiary/aromatic N) is 1. The third-order valence-corrected chi connectivity index (χ3v) is 6.72. The van der Waals surface area contributed by atoms with Gasteiger partial charge in [0.15, 0.2) is 0 Å². The quantitative estimate of drug-likeness (QED) is 0.691. The minimum Gasteiger partial charge on any atom is -0.350 e. The first-order valence-corrected chi connectivity index (χ1v) is 10.9. The zero-order chi connectivity index (χ0) is 20.7. The largest absolute Gasteiger partial charge is 0.350 e. The molecule has 0 fully saturated rings. The molecule has 0 aliphatic rings. The van der Waals surface area contributed by atoms with Crippen molar-refractivity contribution >= 4 is 15.9 Å². The highest BCUT2D eigenvalue weighted by molar-refractivity contribution is 7.89. The molecule has 7 heteroatoms. The maximum atomic E-state index is 13.0. The summed E-state index contributed by atoms with van der Waals surface area (Å²) >= 11 is 0. The number of hydrogen-bond acceptors (Lipinski definition) is 3. The summed E-state index contributed by atoms with van der Waals surface area (Å²) in [4.78, 5) is 12.4. The standard InChI is InChI=1S/C21H27FN2O3S/c1-4-24(5-2)28(26,27)20-13-6-17(7-14-20)8-15-21(25)23-16(3)18-9-11-19(22)12-10-18/h6-7,9-14,16H,4-5,8,15H2,1-3H3,(H,23,25). The molecule has 1 N–H and O–H groups in total. The SMILES string of the molecule is CCN(CC)S(=O)(=O)c1ccc(CCC(=O)NC(C)c2ccc(F)cc2)cc1. The minimum absolute atomic E-state index is 0.114. The molecule has 0 radical (unpaired) electrons. The highest BCUT2D eigenvalue weighted by atomic mass is 32.2. The van der Waals surface area contributed by atoms with Crippen molar-refractivity contribution in [3.05, 3.63) is 65.5 Å². The number of halogens is 1. The van der Waals surface area contributed by atoms with Crippen molar-refractivity contribution in [2.24, 2.45) is 0 Å². The summed E-state index contributed by atoms with van der Waals surface area (Å²) in [5.74, 6) is -0.426. The second-order valence-electron chi connectivity index (χ2n) is 6.57. The fraction of sp³-hybridized carbons (Fsp3) is 0.381. The summed E-state index contributed by atoms with van der Waals surface area (Å²) in [6, 6.07) is 12.5. The first kappa shape index (κ1) is 22.0. The molecule has 1 amide bonds. The molecular weight excluding hydrogens is 379 g/mol.